The van der Waals surface area contributed by atoms with Crippen molar-refractivity contribution < 1.29 is 27.8 Å². The highest BCUT2D eigenvalue weighted by Crippen LogP contribution is 2.30. The standard InChI is InChI=1S/C16H20F3NO3/c1-2-12(20-15(22)13-4-3-9-23-13)14(21)10-5-7-11(8-6-10)16(17,18)19/h5-8,12-14,21H,2-4,9H2,1H3,(H,20,22). The van der Waals surface area contributed by atoms with Crippen molar-refractivity contribution in [3.05, 3.63) is 35.4 Å². The van der Waals surface area contributed by atoms with Gasteiger partial charge < -0.3 is 15.2 Å². The Hall–Kier alpha value is -1.60. The van der Waals surface area contributed by atoms with Crippen LogP contribution in [0.15, 0.2) is 24.3 Å². The molecule has 1 aliphatic rings. The highest BCUT2D eigenvalue weighted by atomic mass is 19.4. The lowest BCUT2D eigenvalue weighted by Crippen LogP contribution is -2.43. The zero-order chi connectivity index (χ0) is 17.0. The molecule has 1 aliphatic heterocycles. The predicted molar refractivity (Wildman–Crippen MR) is 77.6 cm³/mol. The van der Waals surface area contributed by atoms with Crippen molar-refractivity contribution in [1.29, 1.82) is 0 Å². The fourth-order valence-corrected chi connectivity index (χ4v) is 2.57. The minimum absolute atomic E-state index is 0.291. The van der Waals surface area contributed by atoms with Crippen molar-refractivity contribution in [2.75, 3.05) is 6.61 Å². The van der Waals surface area contributed by atoms with Gasteiger partial charge in [0, 0.05) is 6.61 Å². The van der Waals surface area contributed by atoms with Crippen molar-refractivity contribution >= 4 is 5.91 Å². The number of benzene rings is 1. The quantitative estimate of drug-likeness (QED) is 0.872. The van der Waals surface area contributed by atoms with Gasteiger partial charge >= 0.3 is 6.18 Å². The third-order valence-electron chi connectivity index (χ3n) is 3.95. The third-order valence-corrected chi connectivity index (χ3v) is 3.95. The summed E-state index contributed by atoms with van der Waals surface area (Å²) in [5, 5.41) is 13.0. The molecule has 128 valence electrons. The van der Waals surface area contributed by atoms with E-state index < -0.39 is 30.0 Å². The minimum Gasteiger partial charge on any atom is -0.386 e. The van der Waals surface area contributed by atoms with E-state index in [0.29, 0.717) is 25.0 Å². The van der Waals surface area contributed by atoms with E-state index in [1.807, 2.05) is 0 Å². The number of carbonyl (C=O) groups is 1. The second kappa shape index (κ2) is 7.31. The molecule has 1 heterocycles. The monoisotopic (exact) mass is 331 g/mol. The largest absolute Gasteiger partial charge is 0.416 e. The van der Waals surface area contributed by atoms with Crippen LogP contribution in [0.1, 0.15) is 43.4 Å². The number of halogens is 3. The molecule has 7 heteroatoms. The van der Waals surface area contributed by atoms with Crippen LogP contribution in [-0.4, -0.2) is 29.8 Å². The molecule has 0 saturated carbocycles. The van der Waals surface area contributed by atoms with Gasteiger partial charge in [-0.2, -0.15) is 13.2 Å². The smallest absolute Gasteiger partial charge is 0.386 e. The molecule has 4 nitrogen and oxygen atoms in total. The average Bonchev–Trinajstić information content (AvgIpc) is 3.05. The van der Waals surface area contributed by atoms with Crippen LogP contribution in [0.25, 0.3) is 0 Å². The average molecular weight is 331 g/mol. The summed E-state index contributed by atoms with van der Waals surface area (Å²) in [4.78, 5) is 12.0. The molecule has 23 heavy (non-hydrogen) atoms. The van der Waals surface area contributed by atoms with E-state index in [4.69, 9.17) is 4.74 Å². The molecule has 2 rings (SSSR count). The van der Waals surface area contributed by atoms with Crippen LogP contribution in [0.5, 0.6) is 0 Å². The Balaban J connectivity index is 2.03. The van der Waals surface area contributed by atoms with Gasteiger partial charge in [0.2, 0.25) is 5.91 Å². The van der Waals surface area contributed by atoms with Gasteiger partial charge in [-0.15, -0.1) is 0 Å². The van der Waals surface area contributed by atoms with Crippen LogP contribution in [0.2, 0.25) is 0 Å². The maximum atomic E-state index is 12.6. The Labute approximate surface area is 132 Å². The van der Waals surface area contributed by atoms with Crippen molar-refractivity contribution in [3.63, 3.8) is 0 Å². The lowest BCUT2D eigenvalue weighted by molar-refractivity contribution is -0.137. The first kappa shape index (κ1) is 17.7. The van der Waals surface area contributed by atoms with Crippen LogP contribution < -0.4 is 5.32 Å². The number of amides is 1. The first-order chi connectivity index (χ1) is 10.8. The van der Waals surface area contributed by atoms with E-state index >= 15 is 0 Å². The highest BCUT2D eigenvalue weighted by molar-refractivity contribution is 5.81. The maximum Gasteiger partial charge on any atom is 0.416 e. The van der Waals surface area contributed by atoms with Crippen LogP contribution in [0.3, 0.4) is 0 Å². The van der Waals surface area contributed by atoms with Gasteiger partial charge in [-0.1, -0.05) is 19.1 Å². The zero-order valence-corrected chi connectivity index (χ0v) is 12.8. The predicted octanol–water partition coefficient (Wildman–Crippen LogP) is 2.81. The Morgan fingerprint density at radius 3 is 2.52 bits per heavy atom. The van der Waals surface area contributed by atoms with Gasteiger partial charge in [0.15, 0.2) is 0 Å². The van der Waals surface area contributed by atoms with E-state index in [2.05, 4.69) is 5.32 Å². The second-order valence-electron chi connectivity index (χ2n) is 5.59. The van der Waals surface area contributed by atoms with Crippen molar-refractivity contribution in [2.45, 2.75) is 50.6 Å². The zero-order valence-electron chi connectivity index (χ0n) is 12.8. The Kier molecular flexibility index (Phi) is 5.64. The number of ether oxygens (including phenoxy) is 1. The number of alkyl halides is 3. The number of rotatable bonds is 5. The van der Waals surface area contributed by atoms with Gasteiger partial charge in [0.05, 0.1) is 17.7 Å². The van der Waals surface area contributed by atoms with E-state index in [-0.39, 0.29) is 5.91 Å². The molecular formula is C16H20F3NO3. The fraction of sp³-hybridized carbons (Fsp3) is 0.562. The SMILES string of the molecule is CCC(NC(=O)C1CCCO1)C(O)c1ccc(C(F)(F)F)cc1. The molecule has 0 aromatic heterocycles. The summed E-state index contributed by atoms with van der Waals surface area (Å²) in [6, 6.07) is 3.73. The summed E-state index contributed by atoms with van der Waals surface area (Å²) in [7, 11) is 0. The fourth-order valence-electron chi connectivity index (χ4n) is 2.57. The number of aliphatic hydroxyl groups excluding tert-OH is 1. The molecule has 3 unspecified atom stereocenters. The van der Waals surface area contributed by atoms with Crippen molar-refractivity contribution in [3.8, 4) is 0 Å². The summed E-state index contributed by atoms with van der Waals surface area (Å²) in [6.45, 7) is 2.32. The lowest BCUT2D eigenvalue weighted by Gasteiger charge is -2.25. The lowest BCUT2D eigenvalue weighted by atomic mass is 9.98. The van der Waals surface area contributed by atoms with Gasteiger partial charge in [0.25, 0.3) is 0 Å². The van der Waals surface area contributed by atoms with Crippen LogP contribution >= 0.6 is 0 Å². The Morgan fingerprint density at radius 2 is 2.04 bits per heavy atom. The second-order valence-corrected chi connectivity index (χ2v) is 5.59. The molecule has 0 bridgehead atoms. The topological polar surface area (TPSA) is 58.6 Å². The molecule has 1 fully saturated rings. The molecule has 2 N–H and O–H groups in total. The van der Waals surface area contributed by atoms with Crippen LogP contribution in [0.4, 0.5) is 13.2 Å². The molecular weight excluding hydrogens is 311 g/mol. The van der Waals surface area contributed by atoms with E-state index in [1.165, 1.54) is 12.1 Å². The van der Waals surface area contributed by atoms with Crippen LogP contribution in [0, 0.1) is 0 Å². The summed E-state index contributed by atoms with van der Waals surface area (Å²) in [5.74, 6) is -0.291. The highest BCUT2D eigenvalue weighted by Gasteiger charge is 2.31. The first-order valence-electron chi connectivity index (χ1n) is 7.60. The molecule has 0 aliphatic carbocycles. The minimum atomic E-state index is -4.42. The van der Waals surface area contributed by atoms with Crippen molar-refractivity contribution in [1.82, 2.24) is 5.32 Å². The summed E-state index contributed by atoms with van der Waals surface area (Å²) in [5.41, 5.74) is -0.442. The Morgan fingerprint density at radius 1 is 1.39 bits per heavy atom. The van der Waals surface area contributed by atoms with Crippen molar-refractivity contribution in [2.24, 2.45) is 0 Å². The summed E-state index contributed by atoms with van der Waals surface area (Å²) in [6.07, 6.45) is -4.10. The molecule has 1 amide bonds. The van der Waals surface area contributed by atoms with Gasteiger partial charge in [-0.25, -0.2) is 0 Å². The number of hydrogen-bond donors (Lipinski definition) is 2. The van der Waals surface area contributed by atoms with E-state index in [9.17, 15) is 23.1 Å². The van der Waals surface area contributed by atoms with Gasteiger partial charge in [-0.05, 0) is 37.0 Å². The maximum absolute atomic E-state index is 12.6. The van der Waals surface area contributed by atoms with Gasteiger partial charge in [-0.3, -0.25) is 4.79 Å². The van der Waals surface area contributed by atoms with Gasteiger partial charge in [0.1, 0.15) is 6.10 Å². The van der Waals surface area contributed by atoms with E-state index in [0.717, 1.165) is 18.6 Å². The number of carbonyl (C=O) groups excluding carboxylic acids is 1. The normalized spacial score (nSPS) is 21.0. The number of aliphatic hydroxyl groups is 1. The molecule has 0 radical (unpaired) electrons. The third kappa shape index (κ3) is 4.45. The number of hydrogen-bond acceptors (Lipinski definition) is 3. The molecule has 0 spiro atoms. The van der Waals surface area contributed by atoms with Crippen LogP contribution in [-0.2, 0) is 15.7 Å². The Bertz CT molecular complexity index is 524. The number of nitrogens with one attached hydrogen (secondary N) is 1. The summed E-state index contributed by atoms with van der Waals surface area (Å²) >= 11 is 0. The van der Waals surface area contributed by atoms with E-state index in [1.54, 1.807) is 6.92 Å². The molecule has 1 aromatic carbocycles. The first-order valence-corrected chi connectivity index (χ1v) is 7.60. The molecule has 1 saturated heterocycles. The summed E-state index contributed by atoms with van der Waals surface area (Å²) < 4.78 is 43.0. The molecule has 3 atom stereocenters. The molecule has 1 aromatic rings.